The smallest absolute Gasteiger partial charge is 0.243 e. The maximum absolute atomic E-state index is 12.1. The van der Waals surface area contributed by atoms with E-state index < -0.39 is 0 Å². The van der Waals surface area contributed by atoms with Crippen LogP contribution in [-0.2, 0) is 16.1 Å². The number of carbonyl (C=O) groups excluding carboxylic acids is 2. The van der Waals surface area contributed by atoms with Gasteiger partial charge in [-0.05, 0) is 30.5 Å². The van der Waals surface area contributed by atoms with E-state index in [1.807, 2.05) is 48.7 Å². The molecule has 0 aliphatic carbocycles. The first kappa shape index (κ1) is 22.2. The third-order valence-electron chi connectivity index (χ3n) is 4.87. The average Bonchev–Trinajstić information content (AvgIpc) is 3.25. The summed E-state index contributed by atoms with van der Waals surface area (Å²) >= 11 is 0. The molecule has 162 valence electrons. The molecule has 0 aliphatic heterocycles. The molecule has 31 heavy (non-hydrogen) atoms. The van der Waals surface area contributed by atoms with E-state index in [0.717, 1.165) is 41.8 Å². The molecule has 2 amide bonds. The lowest BCUT2D eigenvalue weighted by Gasteiger charge is -2.06. The molecule has 3 N–H and O–H groups in total. The molecule has 0 aliphatic rings. The van der Waals surface area contributed by atoms with Crippen LogP contribution >= 0.6 is 0 Å². The molecule has 0 fully saturated rings. The van der Waals surface area contributed by atoms with Crippen molar-refractivity contribution >= 4 is 17.5 Å². The lowest BCUT2D eigenvalue weighted by molar-refractivity contribution is -0.129. The van der Waals surface area contributed by atoms with Gasteiger partial charge in [0.1, 0.15) is 5.69 Å². The number of anilines is 1. The van der Waals surface area contributed by atoms with Gasteiger partial charge in [0.05, 0.1) is 12.7 Å². The van der Waals surface area contributed by atoms with Crippen molar-refractivity contribution in [2.75, 3.05) is 5.32 Å². The lowest BCUT2D eigenvalue weighted by Crippen LogP contribution is -2.17. The standard InChI is InChI=1S/C23H27N5O3/c29-22(10-6-1-2-7-11-23(30)26-31)24-20-14-12-19(13-15-20)21-17-28(27-25-21)16-18-8-4-3-5-9-18/h3-5,8-9,12-15,17,31H,1-2,6-7,10-11,16H2,(H,24,29)(H,26,30). The summed E-state index contributed by atoms with van der Waals surface area (Å²) in [6.07, 6.45) is 5.81. The van der Waals surface area contributed by atoms with Crippen LogP contribution in [0.15, 0.2) is 60.8 Å². The summed E-state index contributed by atoms with van der Waals surface area (Å²) in [4.78, 5) is 23.0. The summed E-state index contributed by atoms with van der Waals surface area (Å²) in [5, 5.41) is 19.8. The van der Waals surface area contributed by atoms with E-state index in [9.17, 15) is 9.59 Å². The molecule has 0 saturated carbocycles. The zero-order valence-electron chi connectivity index (χ0n) is 17.3. The van der Waals surface area contributed by atoms with Gasteiger partial charge >= 0.3 is 0 Å². The zero-order valence-corrected chi connectivity index (χ0v) is 17.3. The van der Waals surface area contributed by atoms with Crippen molar-refractivity contribution in [3.63, 3.8) is 0 Å². The van der Waals surface area contributed by atoms with Crippen molar-refractivity contribution in [3.8, 4) is 11.3 Å². The van der Waals surface area contributed by atoms with E-state index in [4.69, 9.17) is 5.21 Å². The molecule has 0 saturated heterocycles. The number of nitrogens with zero attached hydrogens (tertiary/aromatic N) is 3. The Hall–Kier alpha value is -3.52. The summed E-state index contributed by atoms with van der Waals surface area (Å²) in [6.45, 7) is 0.663. The lowest BCUT2D eigenvalue weighted by atomic mass is 10.1. The minimum atomic E-state index is -0.375. The fraction of sp³-hybridized carbons (Fsp3) is 0.304. The van der Waals surface area contributed by atoms with Crippen molar-refractivity contribution in [2.24, 2.45) is 0 Å². The molecule has 2 aromatic carbocycles. The number of aromatic nitrogens is 3. The predicted octanol–water partition coefficient (Wildman–Crippen LogP) is 3.78. The van der Waals surface area contributed by atoms with Crippen molar-refractivity contribution in [2.45, 2.75) is 45.1 Å². The molecule has 0 unspecified atom stereocenters. The second kappa shape index (κ2) is 11.6. The topological polar surface area (TPSA) is 109 Å². The van der Waals surface area contributed by atoms with Crippen LogP contribution in [0.1, 0.15) is 44.1 Å². The van der Waals surface area contributed by atoms with Crippen LogP contribution in [0.5, 0.6) is 0 Å². The zero-order chi connectivity index (χ0) is 21.9. The van der Waals surface area contributed by atoms with Gasteiger partial charge in [0.25, 0.3) is 0 Å². The van der Waals surface area contributed by atoms with Crippen LogP contribution in [0, 0.1) is 0 Å². The van der Waals surface area contributed by atoms with Gasteiger partial charge in [-0.15, -0.1) is 5.10 Å². The Balaban J connectivity index is 1.42. The Kier molecular flexibility index (Phi) is 8.30. The van der Waals surface area contributed by atoms with Crippen molar-refractivity contribution < 1.29 is 14.8 Å². The molecular formula is C23H27N5O3. The first-order valence-electron chi connectivity index (χ1n) is 10.4. The Morgan fingerprint density at radius 3 is 2.23 bits per heavy atom. The summed E-state index contributed by atoms with van der Waals surface area (Å²) in [5.41, 5.74) is 5.23. The average molecular weight is 422 g/mol. The van der Waals surface area contributed by atoms with Crippen LogP contribution < -0.4 is 10.8 Å². The summed E-state index contributed by atoms with van der Waals surface area (Å²) in [6, 6.07) is 17.6. The molecule has 0 radical (unpaired) electrons. The van der Waals surface area contributed by atoms with Gasteiger partial charge in [-0.2, -0.15) is 0 Å². The van der Waals surface area contributed by atoms with E-state index in [1.165, 1.54) is 0 Å². The minimum absolute atomic E-state index is 0.0327. The third kappa shape index (κ3) is 7.35. The summed E-state index contributed by atoms with van der Waals surface area (Å²) in [7, 11) is 0. The van der Waals surface area contributed by atoms with E-state index >= 15 is 0 Å². The Bertz CT molecular complexity index is 970. The van der Waals surface area contributed by atoms with Gasteiger partial charge < -0.3 is 5.32 Å². The van der Waals surface area contributed by atoms with Gasteiger partial charge in [0.2, 0.25) is 11.8 Å². The molecule has 1 heterocycles. The Labute approximate surface area is 181 Å². The molecule has 3 rings (SSSR count). The van der Waals surface area contributed by atoms with Crippen molar-refractivity contribution in [1.29, 1.82) is 0 Å². The van der Waals surface area contributed by atoms with Crippen LogP contribution in [0.4, 0.5) is 5.69 Å². The molecule has 0 atom stereocenters. The monoisotopic (exact) mass is 421 g/mol. The summed E-state index contributed by atoms with van der Waals surface area (Å²) in [5.74, 6) is -0.408. The maximum Gasteiger partial charge on any atom is 0.243 e. The van der Waals surface area contributed by atoms with Gasteiger partial charge in [0, 0.05) is 24.1 Å². The van der Waals surface area contributed by atoms with Crippen LogP contribution in [0.25, 0.3) is 11.3 Å². The van der Waals surface area contributed by atoms with E-state index in [2.05, 4.69) is 27.8 Å². The molecule has 1 aromatic heterocycles. The van der Waals surface area contributed by atoms with E-state index in [-0.39, 0.29) is 11.8 Å². The van der Waals surface area contributed by atoms with Crippen molar-refractivity contribution in [3.05, 3.63) is 66.4 Å². The Morgan fingerprint density at radius 1 is 0.871 bits per heavy atom. The van der Waals surface area contributed by atoms with Gasteiger partial charge in [-0.1, -0.05) is 60.5 Å². The number of benzene rings is 2. The minimum Gasteiger partial charge on any atom is -0.326 e. The molecule has 0 bridgehead atoms. The summed E-state index contributed by atoms with van der Waals surface area (Å²) < 4.78 is 1.80. The van der Waals surface area contributed by atoms with E-state index in [0.29, 0.717) is 25.8 Å². The van der Waals surface area contributed by atoms with Crippen molar-refractivity contribution in [1.82, 2.24) is 20.5 Å². The van der Waals surface area contributed by atoms with Crippen LogP contribution in [-0.4, -0.2) is 32.0 Å². The predicted molar refractivity (Wildman–Crippen MR) is 117 cm³/mol. The molecule has 8 heteroatoms. The Morgan fingerprint density at radius 2 is 1.55 bits per heavy atom. The maximum atomic E-state index is 12.1. The van der Waals surface area contributed by atoms with Gasteiger partial charge in [-0.3, -0.25) is 14.8 Å². The quantitative estimate of drug-likeness (QED) is 0.248. The number of rotatable bonds is 11. The first-order valence-corrected chi connectivity index (χ1v) is 10.4. The second-order valence-electron chi connectivity index (χ2n) is 7.36. The molecule has 0 spiro atoms. The van der Waals surface area contributed by atoms with E-state index in [1.54, 1.807) is 10.2 Å². The highest BCUT2D eigenvalue weighted by molar-refractivity contribution is 5.90. The highest BCUT2D eigenvalue weighted by Crippen LogP contribution is 2.19. The number of hydrogen-bond acceptors (Lipinski definition) is 5. The van der Waals surface area contributed by atoms with Crippen LogP contribution in [0.3, 0.4) is 0 Å². The molecule has 8 nitrogen and oxygen atoms in total. The fourth-order valence-corrected chi connectivity index (χ4v) is 3.21. The number of unbranched alkanes of at least 4 members (excludes halogenated alkanes) is 3. The van der Waals surface area contributed by atoms with Crippen LogP contribution in [0.2, 0.25) is 0 Å². The highest BCUT2D eigenvalue weighted by atomic mass is 16.5. The first-order chi connectivity index (χ1) is 15.1. The van der Waals surface area contributed by atoms with Gasteiger partial charge in [0.15, 0.2) is 0 Å². The van der Waals surface area contributed by atoms with Gasteiger partial charge in [-0.25, -0.2) is 10.2 Å². The third-order valence-corrected chi connectivity index (χ3v) is 4.87. The largest absolute Gasteiger partial charge is 0.326 e. The number of hydrogen-bond donors (Lipinski definition) is 3. The highest BCUT2D eigenvalue weighted by Gasteiger charge is 2.07. The molecular weight excluding hydrogens is 394 g/mol. The molecule has 3 aromatic rings. The second-order valence-corrected chi connectivity index (χ2v) is 7.36. The number of hydroxylamine groups is 1. The fourth-order valence-electron chi connectivity index (χ4n) is 3.21. The number of nitrogens with one attached hydrogen (secondary N) is 2. The SMILES string of the molecule is O=C(CCCCCCC(=O)Nc1ccc(-c2cn(Cc3ccccc3)nn2)cc1)NO. The number of amides is 2. The normalized spacial score (nSPS) is 10.6. The number of carbonyl (C=O) groups is 2.